The van der Waals surface area contributed by atoms with E-state index in [9.17, 15) is 8.42 Å². The number of sulfonamides is 1. The van der Waals surface area contributed by atoms with Crippen LogP contribution in [0.25, 0.3) is 0 Å². The second kappa shape index (κ2) is 6.64. The van der Waals surface area contributed by atoms with Crippen LogP contribution in [-0.2, 0) is 10.0 Å². The number of nitrogens with one attached hydrogen (secondary N) is 2. The van der Waals surface area contributed by atoms with E-state index < -0.39 is 10.0 Å². The predicted octanol–water partition coefficient (Wildman–Crippen LogP) is 0.931. The highest BCUT2D eigenvalue weighted by Crippen LogP contribution is 2.24. The Labute approximate surface area is 126 Å². The van der Waals surface area contributed by atoms with E-state index in [4.69, 9.17) is 5.73 Å². The number of rotatable bonds is 5. The standard InChI is InChI=1S/C14H24N4O2S/c1-16-21(19,20)12-3-4-13(15)14(9-12)17-10-11-5-7-18(2)8-6-11/h3-4,9,11,16-17H,5-8,10,15H2,1-2H3. The number of anilines is 2. The van der Waals surface area contributed by atoms with Crippen LogP contribution >= 0.6 is 0 Å². The number of nitrogens with zero attached hydrogens (tertiary/aromatic N) is 1. The molecule has 0 aromatic heterocycles. The first kappa shape index (κ1) is 16.1. The highest BCUT2D eigenvalue weighted by atomic mass is 32.2. The lowest BCUT2D eigenvalue weighted by Crippen LogP contribution is -2.33. The molecule has 0 aliphatic carbocycles. The second-order valence-corrected chi connectivity index (χ2v) is 7.47. The van der Waals surface area contributed by atoms with E-state index in [1.807, 2.05) is 0 Å². The van der Waals surface area contributed by atoms with Crippen molar-refractivity contribution in [3.8, 4) is 0 Å². The molecule has 2 rings (SSSR count). The molecular formula is C14H24N4O2S. The molecule has 1 heterocycles. The summed E-state index contributed by atoms with van der Waals surface area (Å²) < 4.78 is 26.0. The fourth-order valence-electron chi connectivity index (χ4n) is 2.49. The van der Waals surface area contributed by atoms with E-state index in [1.165, 1.54) is 13.1 Å². The number of likely N-dealkylation sites (tertiary alicyclic amines) is 1. The maximum Gasteiger partial charge on any atom is 0.240 e. The van der Waals surface area contributed by atoms with E-state index in [0.29, 0.717) is 17.3 Å². The molecule has 0 unspecified atom stereocenters. The number of piperidine rings is 1. The molecule has 1 aromatic carbocycles. The summed E-state index contributed by atoms with van der Waals surface area (Å²) >= 11 is 0. The van der Waals surface area contributed by atoms with E-state index in [2.05, 4.69) is 22.0 Å². The van der Waals surface area contributed by atoms with E-state index in [1.54, 1.807) is 12.1 Å². The van der Waals surface area contributed by atoms with Gasteiger partial charge in [0.1, 0.15) is 0 Å². The van der Waals surface area contributed by atoms with Gasteiger partial charge in [0.15, 0.2) is 0 Å². The highest BCUT2D eigenvalue weighted by Gasteiger charge is 2.17. The minimum atomic E-state index is -3.44. The van der Waals surface area contributed by atoms with Gasteiger partial charge in [0, 0.05) is 6.54 Å². The average molecular weight is 312 g/mol. The lowest BCUT2D eigenvalue weighted by atomic mass is 9.97. The summed E-state index contributed by atoms with van der Waals surface area (Å²) in [7, 11) is 0.0926. The third kappa shape index (κ3) is 4.09. The van der Waals surface area contributed by atoms with Crippen molar-refractivity contribution < 1.29 is 8.42 Å². The molecule has 0 amide bonds. The third-order valence-corrected chi connectivity index (χ3v) is 5.44. The topological polar surface area (TPSA) is 87.5 Å². The van der Waals surface area contributed by atoms with Gasteiger partial charge in [-0.15, -0.1) is 0 Å². The fraction of sp³-hybridized carbons (Fsp3) is 0.571. The summed E-state index contributed by atoms with van der Waals surface area (Å²) in [4.78, 5) is 2.55. The van der Waals surface area contributed by atoms with Gasteiger partial charge in [-0.1, -0.05) is 0 Å². The Kier molecular flexibility index (Phi) is 5.08. The molecular weight excluding hydrogens is 288 g/mol. The number of nitrogens with two attached hydrogens (primary N) is 1. The molecule has 1 fully saturated rings. The van der Waals surface area contributed by atoms with Crippen LogP contribution in [0.2, 0.25) is 0 Å². The molecule has 0 atom stereocenters. The second-order valence-electron chi connectivity index (χ2n) is 5.58. The predicted molar refractivity (Wildman–Crippen MR) is 85.8 cm³/mol. The molecule has 1 aromatic rings. The normalized spacial score (nSPS) is 17.8. The molecule has 0 radical (unpaired) electrons. The monoisotopic (exact) mass is 312 g/mol. The van der Waals surface area contributed by atoms with Crippen molar-refractivity contribution in [2.45, 2.75) is 17.7 Å². The largest absolute Gasteiger partial charge is 0.397 e. The average Bonchev–Trinajstić information content (AvgIpc) is 2.48. The van der Waals surface area contributed by atoms with Crippen LogP contribution in [0.5, 0.6) is 0 Å². The van der Waals surface area contributed by atoms with Gasteiger partial charge in [-0.3, -0.25) is 0 Å². The first-order chi connectivity index (χ1) is 9.92. The summed E-state index contributed by atoms with van der Waals surface area (Å²) in [5.74, 6) is 0.602. The molecule has 7 heteroatoms. The van der Waals surface area contributed by atoms with Crippen LogP contribution in [0.1, 0.15) is 12.8 Å². The molecule has 6 nitrogen and oxygen atoms in total. The maximum atomic E-state index is 11.8. The van der Waals surface area contributed by atoms with E-state index in [-0.39, 0.29) is 4.90 Å². The molecule has 1 aliphatic rings. The fourth-order valence-corrected chi connectivity index (χ4v) is 3.25. The summed E-state index contributed by atoms with van der Waals surface area (Å²) in [6, 6.07) is 4.74. The van der Waals surface area contributed by atoms with Crippen LogP contribution in [-0.4, -0.2) is 47.0 Å². The lowest BCUT2D eigenvalue weighted by molar-refractivity contribution is 0.226. The zero-order chi connectivity index (χ0) is 15.5. The zero-order valence-corrected chi connectivity index (χ0v) is 13.4. The number of nitrogen functional groups attached to an aromatic ring is 1. The van der Waals surface area contributed by atoms with Crippen molar-refractivity contribution in [3.63, 3.8) is 0 Å². The Balaban J connectivity index is 2.04. The highest BCUT2D eigenvalue weighted by molar-refractivity contribution is 7.89. The summed E-state index contributed by atoms with van der Waals surface area (Å²) in [5, 5.41) is 3.30. The summed E-state index contributed by atoms with van der Waals surface area (Å²) in [6.07, 6.45) is 2.30. The van der Waals surface area contributed by atoms with Gasteiger partial charge in [-0.25, -0.2) is 13.1 Å². The van der Waals surface area contributed by atoms with Crippen LogP contribution in [0.4, 0.5) is 11.4 Å². The third-order valence-electron chi connectivity index (χ3n) is 4.02. The first-order valence-electron chi connectivity index (χ1n) is 7.18. The van der Waals surface area contributed by atoms with Crippen molar-refractivity contribution >= 4 is 21.4 Å². The number of hydrogen-bond donors (Lipinski definition) is 3. The molecule has 1 aliphatic heterocycles. The van der Waals surface area contributed by atoms with Gasteiger partial charge in [0.2, 0.25) is 10.0 Å². The minimum absolute atomic E-state index is 0.227. The molecule has 0 spiro atoms. The Bertz CT molecular complexity index is 581. The van der Waals surface area contributed by atoms with Gasteiger partial charge in [0.25, 0.3) is 0 Å². The first-order valence-corrected chi connectivity index (χ1v) is 8.66. The van der Waals surface area contributed by atoms with Crippen LogP contribution in [0.15, 0.2) is 23.1 Å². The Morgan fingerprint density at radius 2 is 2.00 bits per heavy atom. The zero-order valence-electron chi connectivity index (χ0n) is 12.6. The number of benzene rings is 1. The van der Waals surface area contributed by atoms with Gasteiger partial charge >= 0.3 is 0 Å². The maximum absolute atomic E-state index is 11.8. The Morgan fingerprint density at radius 1 is 1.33 bits per heavy atom. The Morgan fingerprint density at radius 3 is 2.62 bits per heavy atom. The van der Waals surface area contributed by atoms with Crippen molar-refractivity contribution in [2.75, 3.05) is 44.8 Å². The van der Waals surface area contributed by atoms with Crippen LogP contribution < -0.4 is 15.8 Å². The van der Waals surface area contributed by atoms with E-state index in [0.717, 1.165) is 32.5 Å². The molecule has 0 saturated carbocycles. The van der Waals surface area contributed by atoms with Crippen molar-refractivity contribution in [1.82, 2.24) is 9.62 Å². The van der Waals surface area contributed by atoms with Crippen molar-refractivity contribution in [3.05, 3.63) is 18.2 Å². The molecule has 0 bridgehead atoms. The van der Waals surface area contributed by atoms with Gasteiger partial charge in [0.05, 0.1) is 16.3 Å². The lowest BCUT2D eigenvalue weighted by Gasteiger charge is -2.29. The molecule has 118 valence electrons. The Hall–Kier alpha value is -1.31. The summed E-state index contributed by atoms with van der Waals surface area (Å²) in [6.45, 7) is 3.03. The van der Waals surface area contributed by atoms with Gasteiger partial charge in [-0.2, -0.15) is 0 Å². The smallest absolute Gasteiger partial charge is 0.240 e. The number of hydrogen-bond acceptors (Lipinski definition) is 5. The summed E-state index contributed by atoms with van der Waals surface area (Å²) in [5.41, 5.74) is 7.18. The van der Waals surface area contributed by atoms with Crippen LogP contribution in [0.3, 0.4) is 0 Å². The SMILES string of the molecule is CNS(=O)(=O)c1ccc(N)c(NCC2CCN(C)CC2)c1. The van der Waals surface area contributed by atoms with Gasteiger partial charge in [-0.05, 0) is 64.1 Å². The van der Waals surface area contributed by atoms with E-state index >= 15 is 0 Å². The molecule has 21 heavy (non-hydrogen) atoms. The quantitative estimate of drug-likeness (QED) is 0.704. The van der Waals surface area contributed by atoms with Gasteiger partial charge < -0.3 is 16.0 Å². The minimum Gasteiger partial charge on any atom is -0.397 e. The van der Waals surface area contributed by atoms with Crippen LogP contribution in [0, 0.1) is 5.92 Å². The molecule has 1 saturated heterocycles. The van der Waals surface area contributed by atoms with Crippen molar-refractivity contribution in [1.29, 1.82) is 0 Å². The van der Waals surface area contributed by atoms with Crippen molar-refractivity contribution in [2.24, 2.45) is 5.92 Å². The molecule has 4 N–H and O–H groups in total.